The van der Waals surface area contributed by atoms with Gasteiger partial charge in [0, 0.05) is 25.2 Å². The number of hydrogen-bond acceptors (Lipinski definition) is 7. The zero-order chi connectivity index (χ0) is 30.4. The fourth-order valence-corrected chi connectivity index (χ4v) is 5.71. The Bertz CT molecular complexity index is 1740. The number of amides is 1. The van der Waals surface area contributed by atoms with Crippen LogP contribution in [0, 0.1) is 21.8 Å². The van der Waals surface area contributed by atoms with Crippen molar-refractivity contribution in [2.75, 3.05) is 13.1 Å². The molecule has 10 nitrogen and oxygen atoms in total. The quantitative estimate of drug-likeness (QED) is 0.164. The molecule has 4 aromatic rings. The van der Waals surface area contributed by atoms with Crippen molar-refractivity contribution >= 4 is 32.6 Å². The molecule has 3 aromatic carbocycles. The number of benzene rings is 3. The van der Waals surface area contributed by atoms with Crippen LogP contribution in [0.3, 0.4) is 0 Å². The number of para-hydroxylation sites is 1. The van der Waals surface area contributed by atoms with Crippen LogP contribution >= 0.6 is 0 Å². The maximum Gasteiger partial charge on any atom is 0.269 e. The highest BCUT2D eigenvalue weighted by Crippen LogP contribution is 2.22. The predicted octanol–water partition coefficient (Wildman–Crippen LogP) is 5.11. The second kappa shape index (κ2) is 13.0. The minimum Gasteiger partial charge on any atom is -0.464 e. The lowest BCUT2D eigenvalue weighted by Crippen LogP contribution is -2.43. The normalized spacial score (nSPS) is 11.7. The number of nitrogens with zero attached hydrogens (tertiary/aromatic N) is 3. The molecule has 1 amide bonds. The molecular weight excluding hydrogens is 565 g/mol. The van der Waals surface area contributed by atoms with Gasteiger partial charge in [0.15, 0.2) is 5.43 Å². The largest absolute Gasteiger partial charge is 0.464 e. The lowest BCUT2D eigenvalue weighted by molar-refractivity contribution is -0.384. The van der Waals surface area contributed by atoms with Gasteiger partial charge in [-0.3, -0.25) is 19.7 Å². The number of fused-ring (bicyclic) bond motifs is 1. The van der Waals surface area contributed by atoms with E-state index in [0.717, 1.165) is 28.6 Å². The van der Waals surface area contributed by atoms with Crippen LogP contribution in [-0.4, -0.2) is 41.5 Å². The second-order valence-corrected chi connectivity index (χ2v) is 12.2. The minimum atomic E-state index is -4.22. The predicted molar refractivity (Wildman–Crippen MR) is 154 cm³/mol. The number of rotatable bonds is 12. The number of nitro benzene ring substituents is 1. The fraction of sp³-hybridized carbons (Fsp3) is 0.267. The average Bonchev–Trinajstić information content (AvgIpc) is 2.97. The van der Waals surface area contributed by atoms with Gasteiger partial charge in [0.25, 0.3) is 5.69 Å². The summed E-state index contributed by atoms with van der Waals surface area (Å²) in [6, 6.07) is 16.6. The van der Waals surface area contributed by atoms with Crippen LogP contribution < -0.4 is 5.43 Å². The lowest BCUT2D eigenvalue weighted by atomic mass is 10.1. The van der Waals surface area contributed by atoms with Crippen molar-refractivity contribution in [2.24, 2.45) is 5.92 Å². The summed E-state index contributed by atoms with van der Waals surface area (Å²) >= 11 is 0. The van der Waals surface area contributed by atoms with Gasteiger partial charge in [0.2, 0.25) is 15.9 Å². The van der Waals surface area contributed by atoms with Gasteiger partial charge in [-0.25, -0.2) is 12.8 Å². The van der Waals surface area contributed by atoms with E-state index in [1.165, 1.54) is 35.4 Å². The standard InChI is InChI=1S/C30H30FN3O7S/c1-21(2)15-16-33(42(39,40)26-13-11-25(12-14-26)34(37)38)19-29(35)32(17-22-7-9-24(31)10-8-22)18-23-20-41-28-6-4-3-5-27(28)30(23)36/h3-14,20-21H,15-19H2,1-2H3. The third kappa shape index (κ3) is 7.25. The van der Waals surface area contributed by atoms with Crippen LogP contribution in [0.2, 0.25) is 0 Å². The van der Waals surface area contributed by atoms with Crippen molar-refractivity contribution in [1.82, 2.24) is 9.21 Å². The maximum absolute atomic E-state index is 13.8. The molecule has 0 aliphatic heterocycles. The molecule has 0 N–H and O–H groups in total. The Kier molecular flexibility index (Phi) is 9.48. The molecule has 0 unspecified atom stereocenters. The highest BCUT2D eigenvalue weighted by atomic mass is 32.2. The van der Waals surface area contributed by atoms with E-state index >= 15 is 0 Å². The molecule has 0 saturated heterocycles. The minimum absolute atomic E-state index is 0.0191. The summed E-state index contributed by atoms with van der Waals surface area (Å²) in [6.45, 7) is 3.09. The Morgan fingerprint density at radius 3 is 2.31 bits per heavy atom. The molecule has 220 valence electrons. The van der Waals surface area contributed by atoms with Gasteiger partial charge in [-0.2, -0.15) is 4.31 Å². The Hall–Kier alpha value is -4.42. The lowest BCUT2D eigenvalue weighted by Gasteiger charge is -2.28. The molecule has 0 aliphatic rings. The first-order chi connectivity index (χ1) is 20.0. The molecule has 0 saturated carbocycles. The highest BCUT2D eigenvalue weighted by molar-refractivity contribution is 7.89. The molecule has 0 aliphatic carbocycles. The maximum atomic E-state index is 13.8. The summed E-state index contributed by atoms with van der Waals surface area (Å²) in [7, 11) is -4.22. The Balaban J connectivity index is 1.67. The summed E-state index contributed by atoms with van der Waals surface area (Å²) in [5.74, 6) is -0.936. The van der Waals surface area contributed by atoms with Crippen LogP contribution in [0.5, 0.6) is 0 Å². The molecule has 1 heterocycles. The smallest absolute Gasteiger partial charge is 0.269 e. The first-order valence-corrected chi connectivity index (χ1v) is 14.7. The molecular formula is C30H30FN3O7S. The van der Waals surface area contributed by atoms with Crippen LogP contribution in [-0.2, 0) is 27.9 Å². The van der Waals surface area contributed by atoms with Crippen molar-refractivity contribution < 1.29 is 26.9 Å². The van der Waals surface area contributed by atoms with Gasteiger partial charge in [-0.15, -0.1) is 0 Å². The van der Waals surface area contributed by atoms with Crippen molar-refractivity contribution in [3.63, 3.8) is 0 Å². The third-order valence-corrected chi connectivity index (χ3v) is 8.56. The SMILES string of the molecule is CC(C)CCN(CC(=O)N(Cc1ccc(F)cc1)Cc1coc2ccccc2c1=O)S(=O)(=O)c1ccc([N+](=O)[O-])cc1. The van der Waals surface area contributed by atoms with Gasteiger partial charge >= 0.3 is 0 Å². The first kappa shape index (κ1) is 30.5. The van der Waals surface area contributed by atoms with Gasteiger partial charge < -0.3 is 9.32 Å². The summed E-state index contributed by atoms with van der Waals surface area (Å²) in [5.41, 5.74) is 0.553. The Morgan fingerprint density at radius 2 is 1.67 bits per heavy atom. The first-order valence-electron chi connectivity index (χ1n) is 13.2. The molecule has 0 spiro atoms. The number of sulfonamides is 1. The molecule has 1 aromatic heterocycles. The summed E-state index contributed by atoms with van der Waals surface area (Å²) in [4.78, 5) is 38.5. The van der Waals surface area contributed by atoms with E-state index in [1.54, 1.807) is 24.3 Å². The Morgan fingerprint density at radius 1 is 1.00 bits per heavy atom. The van der Waals surface area contributed by atoms with E-state index < -0.39 is 33.2 Å². The van der Waals surface area contributed by atoms with Crippen molar-refractivity contribution in [1.29, 1.82) is 0 Å². The number of halogens is 1. The molecule has 0 radical (unpaired) electrons. The number of nitro groups is 1. The number of hydrogen-bond donors (Lipinski definition) is 0. The fourth-order valence-electron chi connectivity index (χ4n) is 4.30. The van der Waals surface area contributed by atoms with E-state index in [2.05, 4.69) is 0 Å². The number of carbonyl (C=O) groups is 1. The average molecular weight is 596 g/mol. The van der Waals surface area contributed by atoms with Crippen molar-refractivity contribution in [3.8, 4) is 0 Å². The van der Waals surface area contributed by atoms with E-state index in [1.807, 2.05) is 13.8 Å². The van der Waals surface area contributed by atoms with Gasteiger partial charge in [0.05, 0.1) is 40.1 Å². The second-order valence-electron chi connectivity index (χ2n) is 10.2. The van der Waals surface area contributed by atoms with Crippen LogP contribution in [0.25, 0.3) is 11.0 Å². The van der Waals surface area contributed by atoms with Gasteiger partial charge in [0.1, 0.15) is 11.4 Å². The third-order valence-electron chi connectivity index (χ3n) is 6.70. The summed E-state index contributed by atoms with van der Waals surface area (Å²) in [6.07, 6.45) is 1.73. The van der Waals surface area contributed by atoms with Crippen LogP contribution in [0.1, 0.15) is 31.4 Å². The van der Waals surface area contributed by atoms with E-state index in [4.69, 9.17) is 4.42 Å². The summed E-state index contributed by atoms with van der Waals surface area (Å²) in [5, 5.41) is 11.4. The van der Waals surface area contributed by atoms with Gasteiger partial charge in [-0.05, 0) is 54.3 Å². The molecule has 0 fully saturated rings. The monoisotopic (exact) mass is 595 g/mol. The molecule has 12 heteroatoms. The topological polar surface area (TPSA) is 131 Å². The zero-order valence-corrected chi connectivity index (χ0v) is 23.9. The molecule has 0 atom stereocenters. The van der Waals surface area contributed by atoms with Crippen molar-refractivity contribution in [3.05, 3.63) is 116 Å². The number of carbonyl (C=O) groups excluding carboxylic acids is 1. The van der Waals surface area contributed by atoms with E-state index in [9.17, 15) is 32.5 Å². The highest BCUT2D eigenvalue weighted by Gasteiger charge is 2.29. The van der Waals surface area contributed by atoms with E-state index in [0.29, 0.717) is 23.0 Å². The zero-order valence-electron chi connectivity index (χ0n) is 23.1. The van der Waals surface area contributed by atoms with Crippen molar-refractivity contribution in [2.45, 2.75) is 38.3 Å². The molecule has 0 bridgehead atoms. The molecule has 4 rings (SSSR count). The van der Waals surface area contributed by atoms with Crippen LogP contribution in [0.15, 0.2) is 93.2 Å². The summed E-state index contributed by atoms with van der Waals surface area (Å²) < 4.78 is 47.5. The van der Waals surface area contributed by atoms with E-state index in [-0.39, 0.29) is 47.1 Å². The molecule has 42 heavy (non-hydrogen) atoms. The van der Waals surface area contributed by atoms with Crippen LogP contribution in [0.4, 0.5) is 10.1 Å². The number of non-ortho nitro benzene ring substituents is 1. The van der Waals surface area contributed by atoms with Gasteiger partial charge in [-0.1, -0.05) is 38.1 Å². The Labute approximate surface area is 242 Å².